The van der Waals surface area contributed by atoms with Crippen LogP contribution in [0.5, 0.6) is 0 Å². The van der Waals surface area contributed by atoms with Crippen LogP contribution in [0.4, 0.5) is 0 Å². The smallest absolute Gasteiger partial charge is 0.247 e. The van der Waals surface area contributed by atoms with Crippen LogP contribution in [0, 0.1) is 11.8 Å². The topological polar surface area (TPSA) is 81.2 Å². The number of thioether (sulfide) groups is 1. The molecule has 36 heavy (non-hydrogen) atoms. The molecule has 3 rings (SSSR count). The van der Waals surface area contributed by atoms with Crippen LogP contribution >= 0.6 is 11.8 Å². The number of fused-ring (bicyclic) bond motifs is 1. The van der Waals surface area contributed by atoms with Crippen LogP contribution in [-0.4, -0.2) is 91.9 Å². The van der Waals surface area contributed by atoms with Crippen molar-refractivity contribution >= 4 is 29.5 Å². The lowest BCUT2D eigenvalue weighted by atomic mass is 9.66. The summed E-state index contributed by atoms with van der Waals surface area (Å²) in [6.45, 7) is 17.3. The molecule has 202 valence electrons. The van der Waals surface area contributed by atoms with Crippen molar-refractivity contribution in [2.24, 2.45) is 11.8 Å². The summed E-state index contributed by atoms with van der Waals surface area (Å²) in [5.74, 6) is -1.08. The molecule has 0 radical (unpaired) electrons. The third kappa shape index (κ3) is 4.87. The highest BCUT2D eigenvalue weighted by atomic mass is 32.2. The molecule has 0 saturated carbocycles. The highest BCUT2D eigenvalue weighted by molar-refractivity contribution is 8.02. The first-order valence-electron chi connectivity index (χ1n) is 13.3. The van der Waals surface area contributed by atoms with Gasteiger partial charge in [-0.1, -0.05) is 25.0 Å². The quantitative estimate of drug-likeness (QED) is 0.315. The zero-order valence-electron chi connectivity index (χ0n) is 22.8. The number of aliphatic hydroxyl groups excluding tert-OH is 1. The van der Waals surface area contributed by atoms with Gasteiger partial charge in [-0.25, -0.2) is 0 Å². The van der Waals surface area contributed by atoms with E-state index in [0.29, 0.717) is 19.6 Å². The van der Waals surface area contributed by atoms with Crippen molar-refractivity contribution in [2.75, 3.05) is 33.3 Å². The molecule has 2 unspecified atom stereocenters. The summed E-state index contributed by atoms with van der Waals surface area (Å²) in [4.78, 5) is 47.5. The number of aliphatic hydroxyl groups is 1. The molecule has 1 N–H and O–H groups in total. The molecule has 8 heteroatoms. The minimum absolute atomic E-state index is 0.0282. The molecule has 1 spiro atoms. The summed E-state index contributed by atoms with van der Waals surface area (Å²) < 4.78 is -0.975. The second-order valence-corrected chi connectivity index (χ2v) is 13.7. The van der Waals surface area contributed by atoms with Gasteiger partial charge in [-0.05, 0) is 53.4 Å². The predicted molar refractivity (Wildman–Crippen MR) is 145 cm³/mol. The van der Waals surface area contributed by atoms with Crippen LogP contribution < -0.4 is 0 Å². The molecule has 0 aromatic carbocycles. The van der Waals surface area contributed by atoms with Gasteiger partial charge < -0.3 is 19.8 Å². The van der Waals surface area contributed by atoms with Crippen LogP contribution in [0.15, 0.2) is 25.3 Å². The number of nitrogens with zero attached hydrogens (tertiary/aromatic N) is 3. The summed E-state index contributed by atoms with van der Waals surface area (Å²) in [7, 11) is 1.77. The van der Waals surface area contributed by atoms with E-state index in [4.69, 9.17) is 5.11 Å². The van der Waals surface area contributed by atoms with Crippen LogP contribution in [-0.2, 0) is 14.4 Å². The Bertz CT molecular complexity index is 887. The Morgan fingerprint density at radius 2 is 1.75 bits per heavy atom. The molecule has 2 bridgehead atoms. The zero-order chi connectivity index (χ0) is 26.9. The maximum Gasteiger partial charge on any atom is 0.247 e. The van der Waals surface area contributed by atoms with E-state index in [-0.39, 0.29) is 29.1 Å². The Hall–Kier alpha value is -1.80. The lowest BCUT2D eigenvalue weighted by Crippen LogP contribution is -2.58. The van der Waals surface area contributed by atoms with E-state index in [1.807, 2.05) is 25.7 Å². The third-order valence-corrected chi connectivity index (χ3v) is 10.2. The van der Waals surface area contributed by atoms with E-state index < -0.39 is 28.2 Å². The number of hydrogen-bond acceptors (Lipinski definition) is 5. The number of amides is 3. The lowest BCUT2D eigenvalue weighted by Gasteiger charge is -2.42. The van der Waals surface area contributed by atoms with Gasteiger partial charge in [-0.3, -0.25) is 14.4 Å². The fourth-order valence-electron chi connectivity index (χ4n) is 6.56. The summed E-state index contributed by atoms with van der Waals surface area (Å²) in [6.07, 6.45) is 8.28. The number of carbonyl (C=O) groups excluding carboxylic acids is 3. The fourth-order valence-corrected chi connectivity index (χ4v) is 8.91. The van der Waals surface area contributed by atoms with Crippen molar-refractivity contribution in [3.05, 3.63) is 25.3 Å². The average Bonchev–Trinajstić information content (AvgIpc) is 3.36. The molecule has 3 fully saturated rings. The SMILES string of the molecule is C=CCN(C)C(=O)[C@@H]1[C@H]2C(=O)N(CCCCCCO)C(C(=O)N(CC=C)C(C)(C)C)C23CC[C@@]1(C)S3. The molecule has 3 aliphatic heterocycles. The molecule has 0 aromatic rings. The van der Waals surface area contributed by atoms with Gasteiger partial charge >= 0.3 is 0 Å². The molecular weight excluding hydrogens is 474 g/mol. The number of rotatable bonds is 12. The monoisotopic (exact) mass is 519 g/mol. The van der Waals surface area contributed by atoms with Crippen molar-refractivity contribution in [1.82, 2.24) is 14.7 Å². The molecular formula is C28H45N3O4S. The lowest BCUT2D eigenvalue weighted by molar-refractivity contribution is -0.146. The van der Waals surface area contributed by atoms with Crippen LogP contribution in [0.2, 0.25) is 0 Å². The molecule has 3 aliphatic rings. The molecule has 5 atom stereocenters. The van der Waals surface area contributed by atoms with E-state index in [0.717, 1.165) is 38.5 Å². The molecule has 3 heterocycles. The second kappa shape index (κ2) is 10.9. The standard InChI is InChI=1S/C28H45N3O4S/c1-8-16-29(7)23(33)20-21-24(34)30(18-12-10-11-13-19-32)22(28(21)15-14-27(20,6)36-28)25(35)31(17-9-2)26(3,4)5/h8-9,20-22,32H,1-2,10-19H2,3-7H3/t20-,21-,22?,27+,28?/m0/s1. The van der Waals surface area contributed by atoms with E-state index in [2.05, 4.69) is 20.1 Å². The number of unbranched alkanes of at least 4 members (excludes halogenated alkanes) is 3. The molecule has 0 aromatic heterocycles. The first kappa shape index (κ1) is 28.8. The van der Waals surface area contributed by atoms with Crippen molar-refractivity contribution in [3.63, 3.8) is 0 Å². The van der Waals surface area contributed by atoms with Crippen LogP contribution in [0.25, 0.3) is 0 Å². The molecule has 3 saturated heterocycles. The Balaban J connectivity index is 2.03. The van der Waals surface area contributed by atoms with Crippen molar-refractivity contribution in [3.8, 4) is 0 Å². The van der Waals surface area contributed by atoms with Gasteiger partial charge in [-0.2, -0.15) is 0 Å². The highest BCUT2D eigenvalue weighted by Crippen LogP contribution is 2.71. The maximum atomic E-state index is 14.3. The Morgan fingerprint density at radius 3 is 2.33 bits per heavy atom. The molecule has 3 amide bonds. The molecule has 7 nitrogen and oxygen atoms in total. The van der Waals surface area contributed by atoms with Crippen molar-refractivity contribution in [1.29, 1.82) is 0 Å². The fraction of sp³-hybridized carbons (Fsp3) is 0.750. The van der Waals surface area contributed by atoms with E-state index in [1.165, 1.54) is 0 Å². The summed E-state index contributed by atoms with van der Waals surface area (Å²) >= 11 is 1.72. The number of hydrogen-bond donors (Lipinski definition) is 1. The summed E-state index contributed by atoms with van der Waals surface area (Å²) in [6, 6.07) is -0.596. The summed E-state index contributed by atoms with van der Waals surface area (Å²) in [5.41, 5.74) is -0.430. The first-order valence-corrected chi connectivity index (χ1v) is 14.1. The Morgan fingerprint density at radius 1 is 1.11 bits per heavy atom. The van der Waals surface area contributed by atoms with E-state index in [9.17, 15) is 14.4 Å². The van der Waals surface area contributed by atoms with Gasteiger partial charge in [0.1, 0.15) is 6.04 Å². The minimum Gasteiger partial charge on any atom is -0.396 e. The van der Waals surface area contributed by atoms with Crippen LogP contribution in [0.3, 0.4) is 0 Å². The average molecular weight is 520 g/mol. The first-order chi connectivity index (χ1) is 16.9. The number of likely N-dealkylation sites (tertiary alicyclic amines) is 1. The largest absolute Gasteiger partial charge is 0.396 e. The molecule has 0 aliphatic carbocycles. The maximum absolute atomic E-state index is 14.3. The van der Waals surface area contributed by atoms with Gasteiger partial charge in [0, 0.05) is 43.6 Å². The van der Waals surface area contributed by atoms with Gasteiger partial charge in [0.2, 0.25) is 17.7 Å². The predicted octanol–water partition coefficient (Wildman–Crippen LogP) is 3.48. The third-order valence-electron chi connectivity index (χ3n) is 8.25. The minimum atomic E-state index is -0.603. The van der Waals surface area contributed by atoms with Gasteiger partial charge in [0.15, 0.2) is 0 Å². The normalized spacial score (nSPS) is 30.9. The second-order valence-electron chi connectivity index (χ2n) is 11.8. The Labute approximate surface area is 221 Å². The number of likely N-dealkylation sites (N-methyl/N-ethyl adjacent to an activating group) is 1. The van der Waals surface area contributed by atoms with Crippen molar-refractivity contribution in [2.45, 2.75) is 87.3 Å². The highest BCUT2D eigenvalue weighted by Gasteiger charge is 2.77. The van der Waals surface area contributed by atoms with Crippen LogP contribution in [0.1, 0.15) is 66.2 Å². The van der Waals surface area contributed by atoms with Gasteiger partial charge in [0.05, 0.1) is 16.6 Å². The Kier molecular flexibility index (Phi) is 8.71. The van der Waals surface area contributed by atoms with E-state index >= 15 is 0 Å². The van der Waals surface area contributed by atoms with E-state index in [1.54, 1.807) is 40.8 Å². The number of carbonyl (C=O) groups is 3. The van der Waals surface area contributed by atoms with Gasteiger partial charge in [-0.15, -0.1) is 24.9 Å². The summed E-state index contributed by atoms with van der Waals surface area (Å²) in [5, 5.41) is 9.12. The zero-order valence-corrected chi connectivity index (χ0v) is 23.6. The van der Waals surface area contributed by atoms with Crippen molar-refractivity contribution < 1.29 is 19.5 Å². The van der Waals surface area contributed by atoms with Gasteiger partial charge in [0.25, 0.3) is 0 Å².